The fourth-order valence-electron chi connectivity index (χ4n) is 2.64. The molecule has 0 aromatic carbocycles. The van der Waals surface area contributed by atoms with Crippen LogP contribution in [0.2, 0.25) is 0 Å². The molecule has 1 aliphatic rings. The van der Waals surface area contributed by atoms with Crippen molar-refractivity contribution in [1.82, 2.24) is 10.2 Å². The third kappa shape index (κ3) is 4.05. The molecular formula is C14H23BrN2S. The van der Waals surface area contributed by atoms with E-state index in [1.807, 2.05) is 11.3 Å². The summed E-state index contributed by atoms with van der Waals surface area (Å²) in [7, 11) is 0. The maximum absolute atomic E-state index is 3.61. The van der Waals surface area contributed by atoms with Crippen molar-refractivity contribution in [2.24, 2.45) is 5.92 Å². The van der Waals surface area contributed by atoms with Gasteiger partial charge in [0.25, 0.3) is 0 Å². The van der Waals surface area contributed by atoms with Crippen molar-refractivity contribution in [1.29, 1.82) is 0 Å². The number of rotatable bonds is 4. The van der Waals surface area contributed by atoms with Crippen LogP contribution in [0, 0.1) is 5.92 Å². The summed E-state index contributed by atoms with van der Waals surface area (Å²) in [6.07, 6.45) is 1.28. The number of piperazine rings is 1. The molecule has 0 spiro atoms. The van der Waals surface area contributed by atoms with E-state index in [2.05, 4.69) is 59.1 Å². The minimum absolute atomic E-state index is 0.608. The first-order chi connectivity index (χ1) is 8.54. The van der Waals surface area contributed by atoms with Crippen molar-refractivity contribution in [3.63, 3.8) is 0 Å². The molecule has 0 aliphatic carbocycles. The SMILES string of the molecule is CC(C)CC1CNC(C)CN1Cc1ccc(Br)s1. The summed E-state index contributed by atoms with van der Waals surface area (Å²) in [4.78, 5) is 4.11. The lowest BCUT2D eigenvalue weighted by atomic mass is 9.99. The number of hydrogen-bond donors (Lipinski definition) is 1. The van der Waals surface area contributed by atoms with Crippen LogP contribution in [0.1, 0.15) is 32.1 Å². The van der Waals surface area contributed by atoms with E-state index < -0.39 is 0 Å². The maximum atomic E-state index is 3.61. The lowest BCUT2D eigenvalue weighted by Gasteiger charge is -2.40. The molecule has 0 amide bonds. The zero-order valence-corrected chi connectivity index (χ0v) is 13.9. The third-order valence-corrected chi connectivity index (χ3v) is 5.07. The van der Waals surface area contributed by atoms with Crippen molar-refractivity contribution >= 4 is 27.3 Å². The summed E-state index contributed by atoms with van der Waals surface area (Å²) < 4.78 is 1.24. The van der Waals surface area contributed by atoms with Crippen LogP contribution in [0.3, 0.4) is 0 Å². The Bertz CT molecular complexity index is 378. The molecule has 2 atom stereocenters. The summed E-state index contributed by atoms with van der Waals surface area (Å²) in [6.45, 7) is 10.3. The van der Waals surface area contributed by atoms with E-state index in [1.54, 1.807) is 0 Å². The van der Waals surface area contributed by atoms with Crippen LogP contribution in [0.4, 0.5) is 0 Å². The lowest BCUT2D eigenvalue weighted by molar-refractivity contribution is 0.112. The number of hydrogen-bond acceptors (Lipinski definition) is 3. The fraction of sp³-hybridized carbons (Fsp3) is 0.714. The molecule has 1 N–H and O–H groups in total. The number of nitrogens with one attached hydrogen (secondary N) is 1. The molecule has 1 aromatic heterocycles. The third-order valence-electron chi connectivity index (χ3n) is 3.46. The Balaban J connectivity index is 2.00. The molecule has 2 heterocycles. The van der Waals surface area contributed by atoms with Gasteiger partial charge in [0, 0.05) is 36.6 Å². The standard InChI is InChI=1S/C14H23BrN2S/c1-10(2)6-12-7-16-11(3)8-17(12)9-13-4-5-14(15)18-13/h4-5,10-12,16H,6-9H2,1-3H3. The smallest absolute Gasteiger partial charge is 0.0701 e. The molecule has 0 saturated carbocycles. The van der Waals surface area contributed by atoms with E-state index >= 15 is 0 Å². The number of thiophene rings is 1. The molecule has 4 heteroatoms. The first kappa shape index (κ1) is 14.5. The highest BCUT2D eigenvalue weighted by Gasteiger charge is 2.26. The van der Waals surface area contributed by atoms with Gasteiger partial charge in [0.15, 0.2) is 0 Å². The molecular weight excluding hydrogens is 308 g/mol. The molecule has 1 saturated heterocycles. The second kappa shape index (κ2) is 6.51. The van der Waals surface area contributed by atoms with Crippen LogP contribution in [0.5, 0.6) is 0 Å². The Morgan fingerprint density at radius 1 is 1.50 bits per heavy atom. The number of nitrogens with zero attached hydrogens (tertiary/aromatic N) is 1. The zero-order chi connectivity index (χ0) is 13.1. The van der Waals surface area contributed by atoms with Gasteiger partial charge in [0.1, 0.15) is 0 Å². The Morgan fingerprint density at radius 2 is 2.28 bits per heavy atom. The summed E-state index contributed by atoms with van der Waals surface area (Å²) in [6, 6.07) is 5.69. The van der Waals surface area contributed by atoms with Crippen LogP contribution in [0.25, 0.3) is 0 Å². The van der Waals surface area contributed by atoms with Crippen LogP contribution < -0.4 is 5.32 Å². The van der Waals surface area contributed by atoms with E-state index in [9.17, 15) is 0 Å². The molecule has 2 unspecified atom stereocenters. The van der Waals surface area contributed by atoms with Gasteiger partial charge < -0.3 is 5.32 Å². The Hall–Kier alpha value is 0.1000. The van der Waals surface area contributed by atoms with Gasteiger partial charge in [-0.1, -0.05) is 13.8 Å². The van der Waals surface area contributed by atoms with Gasteiger partial charge in [-0.25, -0.2) is 0 Å². The number of halogens is 1. The van der Waals surface area contributed by atoms with Gasteiger partial charge in [-0.15, -0.1) is 11.3 Å². The van der Waals surface area contributed by atoms with E-state index in [-0.39, 0.29) is 0 Å². The van der Waals surface area contributed by atoms with Crippen LogP contribution >= 0.6 is 27.3 Å². The van der Waals surface area contributed by atoms with Crippen molar-refractivity contribution < 1.29 is 0 Å². The molecule has 1 fully saturated rings. The lowest BCUT2D eigenvalue weighted by Crippen LogP contribution is -2.55. The second-order valence-corrected chi connectivity index (χ2v) is 8.28. The van der Waals surface area contributed by atoms with Crippen LogP contribution in [-0.2, 0) is 6.54 Å². The largest absolute Gasteiger partial charge is 0.311 e. The zero-order valence-electron chi connectivity index (χ0n) is 11.4. The van der Waals surface area contributed by atoms with Gasteiger partial charge in [-0.05, 0) is 47.3 Å². The van der Waals surface area contributed by atoms with Crippen LogP contribution in [0.15, 0.2) is 15.9 Å². The van der Waals surface area contributed by atoms with Crippen molar-refractivity contribution in [3.05, 3.63) is 20.8 Å². The molecule has 0 bridgehead atoms. The minimum atomic E-state index is 0.608. The summed E-state index contributed by atoms with van der Waals surface area (Å²) in [5, 5.41) is 3.61. The topological polar surface area (TPSA) is 15.3 Å². The second-order valence-electron chi connectivity index (χ2n) is 5.73. The monoisotopic (exact) mass is 330 g/mol. The summed E-state index contributed by atoms with van der Waals surface area (Å²) >= 11 is 5.41. The maximum Gasteiger partial charge on any atom is 0.0701 e. The molecule has 2 nitrogen and oxygen atoms in total. The van der Waals surface area contributed by atoms with E-state index in [1.165, 1.54) is 15.1 Å². The predicted octanol–water partition coefficient (Wildman–Crippen LogP) is 3.72. The van der Waals surface area contributed by atoms with Gasteiger partial charge >= 0.3 is 0 Å². The highest BCUT2D eigenvalue weighted by Crippen LogP contribution is 2.25. The van der Waals surface area contributed by atoms with Gasteiger partial charge in [-0.3, -0.25) is 4.90 Å². The quantitative estimate of drug-likeness (QED) is 0.905. The van der Waals surface area contributed by atoms with E-state index in [0.29, 0.717) is 12.1 Å². The summed E-state index contributed by atoms with van der Waals surface area (Å²) in [5.41, 5.74) is 0. The molecule has 102 valence electrons. The van der Waals surface area contributed by atoms with Gasteiger partial charge in [0.2, 0.25) is 0 Å². The average molecular weight is 331 g/mol. The van der Waals surface area contributed by atoms with Crippen LogP contribution in [-0.4, -0.2) is 30.1 Å². The van der Waals surface area contributed by atoms with Crippen molar-refractivity contribution in [2.75, 3.05) is 13.1 Å². The molecule has 1 aromatic rings. The predicted molar refractivity (Wildman–Crippen MR) is 83.1 cm³/mol. The Kier molecular flexibility index (Phi) is 5.24. The van der Waals surface area contributed by atoms with E-state index in [0.717, 1.165) is 25.6 Å². The Labute approximate surface area is 123 Å². The molecule has 2 rings (SSSR count). The fourth-order valence-corrected chi connectivity index (χ4v) is 4.15. The Morgan fingerprint density at radius 3 is 2.89 bits per heavy atom. The van der Waals surface area contributed by atoms with Crippen molar-refractivity contribution in [2.45, 2.75) is 45.8 Å². The molecule has 18 heavy (non-hydrogen) atoms. The van der Waals surface area contributed by atoms with E-state index in [4.69, 9.17) is 0 Å². The van der Waals surface area contributed by atoms with Gasteiger partial charge in [0.05, 0.1) is 3.79 Å². The highest BCUT2D eigenvalue weighted by molar-refractivity contribution is 9.11. The molecule has 1 aliphatic heterocycles. The highest BCUT2D eigenvalue weighted by atomic mass is 79.9. The normalized spacial score (nSPS) is 25.8. The minimum Gasteiger partial charge on any atom is -0.311 e. The molecule has 0 radical (unpaired) electrons. The first-order valence-corrected chi connectivity index (χ1v) is 8.37. The van der Waals surface area contributed by atoms with Gasteiger partial charge in [-0.2, -0.15) is 0 Å². The average Bonchev–Trinajstić information content (AvgIpc) is 2.67. The van der Waals surface area contributed by atoms with Crippen molar-refractivity contribution in [3.8, 4) is 0 Å². The first-order valence-electron chi connectivity index (χ1n) is 6.76. The summed E-state index contributed by atoms with van der Waals surface area (Å²) in [5.74, 6) is 0.766.